The molecule has 0 saturated heterocycles. The van der Waals surface area contributed by atoms with E-state index in [1.54, 1.807) is 0 Å². The molecule has 0 aliphatic heterocycles. The molecule has 0 aliphatic carbocycles. The van der Waals surface area contributed by atoms with Crippen LogP contribution >= 0.6 is 0 Å². The highest BCUT2D eigenvalue weighted by atomic mass is 16.5. The molecule has 27 heavy (non-hydrogen) atoms. The van der Waals surface area contributed by atoms with Crippen LogP contribution in [0.2, 0.25) is 0 Å². The third kappa shape index (κ3) is 7.44. The molecule has 0 saturated carbocycles. The van der Waals surface area contributed by atoms with Gasteiger partial charge in [0.05, 0.1) is 18.8 Å². The van der Waals surface area contributed by atoms with Crippen molar-refractivity contribution in [2.75, 3.05) is 30.4 Å². The van der Waals surface area contributed by atoms with Crippen molar-refractivity contribution in [2.24, 2.45) is 0 Å². The summed E-state index contributed by atoms with van der Waals surface area (Å²) >= 11 is 0. The van der Waals surface area contributed by atoms with Gasteiger partial charge in [0.15, 0.2) is 0 Å². The van der Waals surface area contributed by atoms with E-state index in [4.69, 9.17) is 9.47 Å². The van der Waals surface area contributed by atoms with Crippen LogP contribution in [0.25, 0.3) is 0 Å². The maximum absolute atomic E-state index is 12.2. The quantitative estimate of drug-likeness (QED) is 0.439. The smallest absolute Gasteiger partial charge is 0.243 e. The topological polar surface area (TPSA) is 59.6 Å². The van der Waals surface area contributed by atoms with Gasteiger partial charge >= 0.3 is 0 Å². The first-order valence-electron chi connectivity index (χ1n) is 9.21. The fourth-order valence-electron chi connectivity index (χ4n) is 2.28. The number of hydrogen-bond donors (Lipinski definition) is 2. The molecule has 2 aromatic carbocycles. The van der Waals surface area contributed by atoms with Gasteiger partial charge in [-0.3, -0.25) is 4.79 Å². The Kier molecular flexibility index (Phi) is 8.23. The van der Waals surface area contributed by atoms with Gasteiger partial charge in [-0.05, 0) is 55.3 Å². The summed E-state index contributed by atoms with van der Waals surface area (Å²) in [5, 5.41) is 5.98. The highest BCUT2D eigenvalue weighted by Gasteiger charge is 2.08. The molecular weight excluding hydrogens is 340 g/mol. The Labute approximate surface area is 161 Å². The number of anilines is 2. The molecule has 144 valence electrons. The van der Waals surface area contributed by atoms with Crippen molar-refractivity contribution >= 4 is 17.3 Å². The van der Waals surface area contributed by atoms with E-state index in [0.29, 0.717) is 18.0 Å². The van der Waals surface area contributed by atoms with E-state index in [1.165, 1.54) is 0 Å². The number of nitrogens with one attached hydrogen (secondary N) is 2. The molecule has 2 rings (SSSR count). The van der Waals surface area contributed by atoms with Gasteiger partial charge in [-0.15, -0.1) is 0 Å². The summed E-state index contributed by atoms with van der Waals surface area (Å²) in [7, 11) is 0. The van der Waals surface area contributed by atoms with E-state index in [0.717, 1.165) is 36.5 Å². The van der Waals surface area contributed by atoms with E-state index in [2.05, 4.69) is 24.1 Å². The van der Waals surface area contributed by atoms with Crippen molar-refractivity contribution in [2.45, 2.75) is 26.7 Å². The van der Waals surface area contributed by atoms with Crippen molar-refractivity contribution in [3.05, 3.63) is 60.7 Å². The fourth-order valence-corrected chi connectivity index (χ4v) is 2.28. The zero-order valence-electron chi connectivity index (χ0n) is 16.1. The summed E-state index contributed by atoms with van der Waals surface area (Å²) in [6.45, 7) is 9.14. The van der Waals surface area contributed by atoms with E-state index in [9.17, 15) is 4.79 Å². The predicted octanol–water partition coefficient (Wildman–Crippen LogP) is 4.87. The standard InChI is InChI=1S/C22H28N2O3/c1-4-5-14-26-19-12-10-18(11-13-19)23-15-22(25)24-20-8-6-7-9-21(20)27-16-17(2)3/h6-13,23H,2,4-5,14-16H2,1,3H3,(H,24,25). The highest BCUT2D eigenvalue weighted by Crippen LogP contribution is 2.24. The molecule has 0 aromatic heterocycles. The highest BCUT2D eigenvalue weighted by molar-refractivity contribution is 5.95. The maximum atomic E-state index is 12.2. The lowest BCUT2D eigenvalue weighted by Crippen LogP contribution is -2.22. The fraction of sp³-hybridized carbons (Fsp3) is 0.318. The predicted molar refractivity (Wildman–Crippen MR) is 111 cm³/mol. The van der Waals surface area contributed by atoms with Gasteiger partial charge in [0, 0.05) is 5.69 Å². The van der Waals surface area contributed by atoms with Crippen LogP contribution in [-0.4, -0.2) is 25.7 Å². The molecule has 5 nitrogen and oxygen atoms in total. The summed E-state index contributed by atoms with van der Waals surface area (Å²) in [4.78, 5) is 12.2. The van der Waals surface area contributed by atoms with Crippen LogP contribution < -0.4 is 20.1 Å². The van der Waals surface area contributed by atoms with Gasteiger partial charge in [0.1, 0.15) is 18.1 Å². The number of carbonyl (C=O) groups excluding carboxylic acids is 1. The molecule has 0 bridgehead atoms. The van der Waals surface area contributed by atoms with Crippen LogP contribution in [0.3, 0.4) is 0 Å². The molecule has 0 atom stereocenters. The van der Waals surface area contributed by atoms with Gasteiger partial charge in [-0.25, -0.2) is 0 Å². The Bertz CT molecular complexity index is 741. The van der Waals surface area contributed by atoms with Crippen molar-refractivity contribution in [1.82, 2.24) is 0 Å². The molecular formula is C22H28N2O3. The largest absolute Gasteiger partial charge is 0.494 e. The number of unbranched alkanes of at least 4 members (excludes halogenated alkanes) is 1. The van der Waals surface area contributed by atoms with Crippen molar-refractivity contribution in [1.29, 1.82) is 0 Å². The SMILES string of the molecule is C=C(C)COc1ccccc1NC(=O)CNc1ccc(OCCCC)cc1. The summed E-state index contributed by atoms with van der Waals surface area (Å²) in [6.07, 6.45) is 2.15. The summed E-state index contributed by atoms with van der Waals surface area (Å²) < 4.78 is 11.3. The van der Waals surface area contributed by atoms with Gasteiger partial charge in [0.25, 0.3) is 0 Å². The Morgan fingerprint density at radius 3 is 2.52 bits per heavy atom. The second-order valence-electron chi connectivity index (χ2n) is 6.37. The molecule has 5 heteroatoms. The van der Waals surface area contributed by atoms with E-state index in [-0.39, 0.29) is 12.5 Å². The van der Waals surface area contributed by atoms with E-state index >= 15 is 0 Å². The number of carbonyl (C=O) groups is 1. The van der Waals surface area contributed by atoms with Crippen LogP contribution in [0.5, 0.6) is 11.5 Å². The van der Waals surface area contributed by atoms with Gasteiger partial charge in [-0.2, -0.15) is 0 Å². The van der Waals surface area contributed by atoms with Gasteiger partial charge < -0.3 is 20.1 Å². The Morgan fingerprint density at radius 1 is 1.07 bits per heavy atom. The van der Waals surface area contributed by atoms with Crippen molar-refractivity contribution in [3.8, 4) is 11.5 Å². The molecule has 1 amide bonds. The Morgan fingerprint density at radius 2 is 1.81 bits per heavy atom. The molecule has 2 aromatic rings. The first-order chi connectivity index (χ1) is 13.1. The minimum absolute atomic E-state index is 0.148. The Balaban J connectivity index is 1.83. The van der Waals surface area contributed by atoms with Crippen LogP contribution in [-0.2, 0) is 4.79 Å². The zero-order chi connectivity index (χ0) is 19.5. The van der Waals surface area contributed by atoms with Crippen molar-refractivity contribution in [3.63, 3.8) is 0 Å². The average molecular weight is 368 g/mol. The van der Waals surface area contributed by atoms with Gasteiger partial charge in [-0.1, -0.05) is 32.1 Å². The van der Waals surface area contributed by atoms with Gasteiger partial charge in [0.2, 0.25) is 5.91 Å². The number of benzene rings is 2. The lowest BCUT2D eigenvalue weighted by Gasteiger charge is -2.13. The summed E-state index contributed by atoms with van der Waals surface area (Å²) in [5.74, 6) is 1.31. The lowest BCUT2D eigenvalue weighted by molar-refractivity contribution is -0.114. The third-order valence-corrected chi connectivity index (χ3v) is 3.71. The monoisotopic (exact) mass is 368 g/mol. The third-order valence-electron chi connectivity index (χ3n) is 3.71. The number of ether oxygens (including phenoxy) is 2. The number of rotatable bonds is 11. The molecule has 0 radical (unpaired) electrons. The minimum Gasteiger partial charge on any atom is -0.494 e. The zero-order valence-corrected chi connectivity index (χ0v) is 16.1. The maximum Gasteiger partial charge on any atom is 0.243 e. The summed E-state index contributed by atoms with van der Waals surface area (Å²) in [6, 6.07) is 15.0. The lowest BCUT2D eigenvalue weighted by atomic mass is 10.2. The van der Waals surface area contributed by atoms with E-state index in [1.807, 2.05) is 55.5 Å². The van der Waals surface area contributed by atoms with Crippen LogP contribution in [0, 0.1) is 0 Å². The number of hydrogen-bond acceptors (Lipinski definition) is 4. The van der Waals surface area contributed by atoms with Crippen LogP contribution in [0.15, 0.2) is 60.7 Å². The number of amides is 1. The molecule has 0 aliphatic rings. The molecule has 0 unspecified atom stereocenters. The first kappa shape index (κ1) is 20.4. The second kappa shape index (κ2) is 10.9. The van der Waals surface area contributed by atoms with Crippen molar-refractivity contribution < 1.29 is 14.3 Å². The molecule has 0 fully saturated rings. The number of para-hydroxylation sites is 2. The van der Waals surface area contributed by atoms with Crippen LogP contribution in [0.4, 0.5) is 11.4 Å². The van der Waals surface area contributed by atoms with E-state index < -0.39 is 0 Å². The Hall–Kier alpha value is -2.95. The molecule has 2 N–H and O–H groups in total. The molecule has 0 spiro atoms. The normalized spacial score (nSPS) is 10.1. The summed E-state index contributed by atoms with van der Waals surface area (Å²) in [5.41, 5.74) is 2.42. The first-order valence-corrected chi connectivity index (χ1v) is 9.21. The minimum atomic E-state index is -0.148. The average Bonchev–Trinajstić information content (AvgIpc) is 2.67. The molecule has 0 heterocycles. The second-order valence-corrected chi connectivity index (χ2v) is 6.37. The van der Waals surface area contributed by atoms with Crippen LogP contribution in [0.1, 0.15) is 26.7 Å².